The van der Waals surface area contributed by atoms with E-state index in [1.54, 1.807) is 0 Å². The fraction of sp³-hybridized carbons (Fsp3) is 0.385. The number of carbonyl (C=O) groups is 2. The molecule has 1 fully saturated rings. The van der Waals surface area contributed by atoms with Gasteiger partial charge in [0.2, 0.25) is 5.91 Å². The third-order valence-corrected chi connectivity index (χ3v) is 3.86. The summed E-state index contributed by atoms with van der Waals surface area (Å²) in [7, 11) is 0. The van der Waals surface area contributed by atoms with Crippen molar-refractivity contribution in [3.8, 4) is 0 Å². The number of benzene rings is 1. The first kappa shape index (κ1) is 14.8. The molecule has 1 aliphatic rings. The summed E-state index contributed by atoms with van der Waals surface area (Å²) in [6.45, 7) is 0.0748. The van der Waals surface area contributed by atoms with Crippen LogP contribution in [-0.2, 0) is 4.79 Å². The third-order valence-electron chi connectivity index (χ3n) is 3.86. The Morgan fingerprint density at radius 1 is 1.43 bits per heavy atom. The van der Waals surface area contributed by atoms with E-state index in [9.17, 15) is 24.8 Å². The zero-order chi connectivity index (χ0) is 15.6. The maximum atomic E-state index is 11.3. The first-order chi connectivity index (χ1) is 9.85. The maximum Gasteiger partial charge on any atom is 0.311 e. The standard InChI is InChI=1S/C13H15N3O5/c14-11(17)8-2-3-10(16(20)21)9(6-8)15-7-13(12(18)19)4-1-5-13/h2-3,6,15H,1,4-5,7H2,(H2,14,17)(H,18,19). The Balaban J connectivity index is 2.25. The summed E-state index contributed by atoms with van der Waals surface area (Å²) in [6.07, 6.45) is 1.87. The molecular weight excluding hydrogens is 278 g/mol. The number of anilines is 1. The molecule has 8 heteroatoms. The second kappa shape index (κ2) is 5.39. The molecule has 0 aromatic heterocycles. The van der Waals surface area contributed by atoms with Gasteiger partial charge < -0.3 is 16.2 Å². The van der Waals surface area contributed by atoms with Crippen molar-refractivity contribution in [3.63, 3.8) is 0 Å². The SMILES string of the molecule is NC(=O)c1ccc([N+](=O)[O-])c(NCC2(C(=O)O)CCC2)c1. The normalized spacial score (nSPS) is 15.8. The summed E-state index contributed by atoms with van der Waals surface area (Å²) < 4.78 is 0. The topological polar surface area (TPSA) is 136 Å². The number of nitrogens with two attached hydrogens (primary N) is 1. The largest absolute Gasteiger partial charge is 0.481 e. The van der Waals surface area contributed by atoms with Crippen molar-refractivity contribution in [2.45, 2.75) is 19.3 Å². The van der Waals surface area contributed by atoms with Crippen LogP contribution in [0.5, 0.6) is 0 Å². The molecule has 0 saturated heterocycles. The molecule has 0 unspecified atom stereocenters. The van der Waals surface area contributed by atoms with Crippen LogP contribution in [-0.4, -0.2) is 28.5 Å². The number of hydrogen-bond donors (Lipinski definition) is 3. The van der Waals surface area contributed by atoms with E-state index in [1.807, 2.05) is 0 Å². The fourth-order valence-corrected chi connectivity index (χ4v) is 2.32. The minimum Gasteiger partial charge on any atom is -0.481 e. The molecule has 1 aromatic rings. The van der Waals surface area contributed by atoms with Gasteiger partial charge in [0, 0.05) is 18.2 Å². The minimum absolute atomic E-state index is 0.0748. The number of aliphatic carboxylic acids is 1. The molecule has 1 aliphatic carbocycles. The maximum absolute atomic E-state index is 11.3. The number of carboxylic acids is 1. The first-order valence-corrected chi connectivity index (χ1v) is 6.41. The lowest BCUT2D eigenvalue weighted by Gasteiger charge is -2.37. The Kier molecular flexibility index (Phi) is 3.79. The van der Waals surface area contributed by atoms with E-state index in [4.69, 9.17) is 5.73 Å². The number of nitro groups is 1. The van der Waals surface area contributed by atoms with E-state index in [0.29, 0.717) is 12.8 Å². The van der Waals surface area contributed by atoms with E-state index >= 15 is 0 Å². The zero-order valence-corrected chi connectivity index (χ0v) is 11.2. The number of carboxylic acid groups (broad SMARTS) is 1. The Bertz CT molecular complexity index is 610. The lowest BCUT2D eigenvalue weighted by molar-refractivity contribution is -0.384. The molecular formula is C13H15N3O5. The van der Waals surface area contributed by atoms with Crippen LogP contribution in [0.25, 0.3) is 0 Å². The molecule has 2 rings (SSSR count). The fourth-order valence-electron chi connectivity index (χ4n) is 2.32. The van der Waals surface area contributed by atoms with Crippen LogP contribution >= 0.6 is 0 Å². The molecule has 0 aliphatic heterocycles. The smallest absolute Gasteiger partial charge is 0.311 e. The van der Waals surface area contributed by atoms with Crippen LogP contribution in [0.3, 0.4) is 0 Å². The molecule has 8 nitrogen and oxygen atoms in total. The number of nitrogens with one attached hydrogen (secondary N) is 1. The second-order valence-electron chi connectivity index (χ2n) is 5.15. The van der Waals surface area contributed by atoms with Gasteiger partial charge >= 0.3 is 5.97 Å². The molecule has 4 N–H and O–H groups in total. The summed E-state index contributed by atoms with van der Waals surface area (Å²) in [6, 6.07) is 3.72. The highest BCUT2D eigenvalue weighted by Gasteiger charge is 2.44. The van der Waals surface area contributed by atoms with Gasteiger partial charge in [-0.25, -0.2) is 0 Å². The highest BCUT2D eigenvalue weighted by molar-refractivity contribution is 5.94. The summed E-state index contributed by atoms with van der Waals surface area (Å²) >= 11 is 0. The lowest BCUT2D eigenvalue weighted by atomic mass is 9.69. The highest BCUT2D eigenvalue weighted by Crippen LogP contribution is 2.41. The van der Waals surface area contributed by atoms with Gasteiger partial charge in [0.25, 0.3) is 5.69 Å². The number of rotatable bonds is 6. The van der Waals surface area contributed by atoms with Gasteiger partial charge in [-0.05, 0) is 25.0 Å². The van der Waals surface area contributed by atoms with Gasteiger partial charge in [0.15, 0.2) is 0 Å². The van der Waals surface area contributed by atoms with E-state index < -0.39 is 22.2 Å². The van der Waals surface area contributed by atoms with Gasteiger partial charge in [-0.2, -0.15) is 0 Å². The molecule has 0 spiro atoms. The average molecular weight is 293 g/mol. The number of hydrogen-bond acceptors (Lipinski definition) is 5. The van der Waals surface area contributed by atoms with E-state index in [1.165, 1.54) is 18.2 Å². The number of nitrogens with zero attached hydrogens (tertiary/aromatic N) is 1. The number of nitro benzene ring substituents is 1. The van der Waals surface area contributed by atoms with Gasteiger partial charge in [-0.3, -0.25) is 19.7 Å². The van der Waals surface area contributed by atoms with Crippen molar-refractivity contribution < 1.29 is 19.6 Å². The van der Waals surface area contributed by atoms with Crippen LogP contribution in [0, 0.1) is 15.5 Å². The number of primary amides is 1. The predicted octanol–water partition coefficient (Wildman–Crippen LogP) is 1.36. The van der Waals surface area contributed by atoms with Gasteiger partial charge in [0.1, 0.15) is 5.69 Å². The van der Waals surface area contributed by atoms with Crippen molar-refractivity contribution in [1.82, 2.24) is 0 Å². The van der Waals surface area contributed by atoms with Crippen LogP contribution in [0.1, 0.15) is 29.6 Å². The Morgan fingerprint density at radius 3 is 2.52 bits per heavy atom. The minimum atomic E-state index is -0.921. The summed E-state index contributed by atoms with van der Waals surface area (Å²) in [5, 5.41) is 23.0. The van der Waals surface area contributed by atoms with Gasteiger partial charge in [-0.1, -0.05) is 6.42 Å². The monoisotopic (exact) mass is 293 g/mol. The summed E-state index contributed by atoms with van der Waals surface area (Å²) in [4.78, 5) is 32.8. The highest BCUT2D eigenvalue weighted by atomic mass is 16.6. The number of carbonyl (C=O) groups excluding carboxylic acids is 1. The summed E-state index contributed by atoms with van der Waals surface area (Å²) in [5.74, 6) is -1.63. The molecule has 0 radical (unpaired) electrons. The molecule has 1 aromatic carbocycles. The van der Waals surface area contributed by atoms with Crippen LogP contribution in [0.15, 0.2) is 18.2 Å². The predicted molar refractivity (Wildman–Crippen MR) is 74.0 cm³/mol. The quantitative estimate of drug-likeness (QED) is 0.535. The van der Waals surface area contributed by atoms with E-state index in [2.05, 4.69) is 5.32 Å². The van der Waals surface area contributed by atoms with Crippen molar-refractivity contribution in [1.29, 1.82) is 0 Å². The van der Waals surface area contributed by atoms with E-state index in [0.717, 1.165) is 6.42 Å². The number of amides is 1. The van der Waals surface area contributed by atoms with Crippen LogP contribution < -0.4 is 11.1 Å². The van der Waals surface area contributed by atoms with Crippen molar-refractivity contribution in [2.24, 2.45) is 11.1 Å². The molecule has 1 amide bonds. The average Bonchev–Trinajstić information content (AvgIpc) is 2.36. The molecule has 21 heavy (non-hydrogen) atoms. The van der Waals surface area contributed by atoms with Gasteiger partial charge in [-0.15, -0.1) is 0 Å². The molecule has 0 atom stereocenters. The molecule has 1 saturated carbocycles. The van der Waals surface area contributed by atoms with Gasteiger partial charge in [0.05, 0.1) is 10.3 Å². The van der Waals surface area contributed by atoms with Crippen molar-refractivity contribution >= 4 is 23.3 Å². The Morgan fingerprint density at radius 2 is 2.10 bits per heavy atom. The molecule has 112 valence electrons. The second-order valence-corrected chi connectivity index (χ2v) is 5.15. The van der Waals surface area contributed by atoms with Crippen LogP contribution in [0.4, 0.5) is 11.4 Å². The first-order valence-electron chi connectivity index (χ1n) is 6.41. The van der Waals surface area contributed by atoms with Crippen LogP contribution in [0.2, 0.25) is 0 Å². The summed E-state index contributed by atoms with van der Waals surface area (Å²) in [5.41, 5.74) is 4.26. The Hall–Kier alpha value is -2.64. The lowest BCUT2D eigenvalue weighted by Crippen LogP contribution is -2.43. The molecule has 0 heterocycles. The van der Waals surface area contributed by atoms with E-state index in [-0.39, 0.29) is 23.5 Å². The molecule has 0 bridgehead atoms. The van der Waals surface area contributed by atoms with Crippen molar-refractivity contribution in [2.75, 3.05) is 11.9 Å². The zero-order valence-electron chi connectivity index (χ0n) is 11.2. The third kappa shape index (κ3) is 2.78. The Labute approximate surface area is 120 Å². The van der Waals surface area contributed by atoms with Crippen molar-refractivity contribution in [3.05, 3.63) is 33.9 Å².